The number of rotatable bonds is 4. The van der Waals surface area contributed by atoms with Gasteiger partial charge >= 0.3 is 0 Å². The zero-order valence-electron chi connectivity index (χ0n) is 11.5. The monoisotopic (exact) mass is 263 g/mol. The lowest BCUT2D eigenvalue weighted by atomic mass is 10.2. The van der Waals surface area contributed by atoms with E-state index in [-0.39, 0.29) is 24.7 Å². The molecule has 4 nitrogen and oxygen atoms in total. The third-order valence-corrected chi connectivity index (χ3v) is 3.11. The predicted molar refractivity (Wildman–Crippen MR) is 72.7 cm³/mol. The summed E-state index contributed by atoms with van der Waals surface area (Å²) in [5.41, 5.74) is 1.08. The molecule has 104 valence electrons. The van der Waals surface area contributed by atoms with E-state index in [2.05, 4.69) is 0 Å². The maximum absolute atomic E-state index is 12.0. The van der Waals surface area contributed by atoms with Crippen molar-refractivity contribution < 1.29 is 14.3 Å². The molecule has 1 saturated heterocycles. The van der Waals surface area contributed by atoms with E-state index in [1.165, 1.54) is 0 Å². The van der Waals surface area contributed by atoms with Gasteiger partial charge in [-0.2, -0.15) is 0 Å². The average Bonchev–Trinajstić information content (AvgIpc) is 2.38. The number of carbonyl (C=O) groups is 1. The van der Waals surface area contributed by atoms with E-state index < -0.39 is 0 Å². The Morgan fingerprint density at radius 3 is 2.53 bits per heavy atom. The zero-order valence-corrected chi connectivity index (χ0v) is 11.5. The van der Waals surface area contributed by atoms with Gasteiger partial charge in [0.05, 0.1) is 18.8 Å². The highest BCUT2D eigenvalue weighted by molar-refractivity contribution is 5.77. The number of carbonyl (C=O) groups excluding carboxylic acids is 1. The summed E-state index contributed by atoms with van der Waals surface area (Å²) < 4.78 is 11.1. The Morgan fingerprint density at radius 1 is 1.26 bits per heavy atom. The molecule has 1 fully saturated rings. The van der Waals surface area contributed by atoms with Crippen molar-refractivity contribution in [2.24, 2.45) is 0 Å². The smallest absolute Gasteiger partial charge is 0.248 e. The van der Waals surface area contributed by atoms with Crippen LogP contribution in [0.4, 0.5) is 0 Å². The molecule has 19 heavy (non-hydrogen) atoms. The van der Waals surface area contributed by atoms with Gasteiger partial charge in [0.25, 0.3) is 0 Å². The standard InChI is InChI=1S/C15H21NO3/c1-12-8-16(9-13(2)19-12)15(17)11-18-10-14-6-4-3-5-7-14/h3-7,12-13H,8-11H2,1-2H3. The predicted octanol–water partition coefficient (Wildman–Crippen LogP) is 1.84. The van der Waals surface area contributed by atoms with Crippen LogP contribution in [0.1, 0.15) is 19.4 Å². The SMILES string of the molecule is CC1CN(C(=O)COCc2ccccc2)CC(C)O1. The quantitative estimate of drug-likeness (QED) is 0.832. The number of hydrogen-bond acceptors (Lipinski definition) is 3. The summed E-state index contributed by atoms with van der Waals surface area (Å²) in [7, 11) is 0. The molecule has 1 heterocycles. The lowest BCUT2D eigenvalue weighted by Crippen LogP contribution is -2.49. The van der Waals surface area contributed by atoms with Gasteiger partial charge in [-0.05, 0) is 19.4 Å². The first-order valence-corrected chi connectivity index (χ1v) is 6.70. The molecule has 4 heteroatoms. The van der Waals surface area contributed by atoms with Crippen LogP contribution >= 0.6 is 0 Å². The van der Waals surface area contributed by atoms with Gasteiger partial charge in [0.2, 0.25) is 5.91 Å². The molecule has 2 rings (SSSR count). The molecule has 0 spiro atoms. The summed E-state index contributed by atoms with van der Waals surface area (Å²) >= 11 is 0. The van der Waals surface area contributed by atoms with E-state index in [0.29, 0.717) is 19.7 Å². The van der Waals surface area contributed by atoms with Crippen molar-refractivity contribution in [2.45, 2.75) is 32.7 Å². The van der Waals surface area contributed by atoms with Crippen molar-refractivity contribution in [3.8, 4) is 0 Å². The molecule has 2 unspecified atom stereocenters. The van der Waals surface area contributed by atoms with Crippen molar-refractivity contribution in [1.82, 2.24) is 4.90 Å². The number of amides is 1. The van der Waals surface area contributed by atoms with Crippen molar-refractivity contribution in [2.75, 3.05) is 19.7 Å². The Morgan fingerprint density at radius 2 is 1.89 bits per heavy atom. The summed E-state index contributed by atoms with van der Waals surface area (Å²) in [6.07, 6.45) is 0.198. The van der Waals surface area contributed by atoms with Gasteiger partial charge in [-0.3, -0.25) is 4.79 Å². The Balaban J connectivity index is 1.75. The van der Waals surface area contributed by atoms with Crippen LogP contribution in [-0.2, 0) is 20.9 Å². The fraction of sp³-hybridized carbons (Fsp3) is 0.533. The Hall–Kier alpha value is -1.39. The number of benzene rings is 1. The van der Waals surface area contributed by atoms with Crippen molar-refractivity contribution >= 4 is 5.91 Å². The van der Waals surface area contributed by atoms with Crippen LogP contribution in [0.25, 0.3) is 0 Å². The highest BCUT2D eigenvalue weighted by Crippen LogP contribution is 2.11. The molecule has 0 radical (unpaired) electrons. The zero-order chi connectivity index (χ0) is 13.7. The number of morpholine rings is 1. The second kappa shape index (κ2) is 6.68. The van der Waals surface area contributed by atoms with E-state index in [1.807, 2.05) is 49.1 Å². The maximum atomic E-state index is 12.0. The third kappa shape index (κ3) is 4.33. The summed E-state index contributed by atoms with van der Waals surface area (Å²) in [4.78, 5) is 13.8. The molecule has 1 aliphatic rings. The van der Waals surface area contributed by atoms with E-state index in [1.54, 1.807) is 0 Å². The summed E-state index contributed by atoms with van der Waals surface area (Å²) in [6.45, 7) is 5.88. The highest BCUT2D eigenvalue weighted by Gasteiger charge is 2.25. The molecule has 1 amide bonds. The fourth-order valence-electron chi connectivity index (χ4n) is 2.30. The second-order valence-corrected chi connectivity index (χ2v) is 5.03. The van der Waals surface area contributed by atoms with Crippen LogP contribution in [-0.4, -0.2) is 42.7 Å². The summed E-state index contributed by atoms with van der Waals surface area (Å²) in [5, 5.41) is 0. The highest BCUT2D eigenvalue weighted by atomic mass is 16.5. The van der Waals surface area contributed by atoms with Gasteiger partial charge in [0, 0.05) is 13.1 Å². The molecule has 1 aromatic rings. The average molecular weight is 263 g/mol. The fourth-order valence-corrected chi connectivity index (χ4v) is 2.30. The second-order valence-electron chi connectivity index (χ2n) is 5.03. The van der Waals surface area contributed by atoms with Gasteiger partial charge < -0.3 is 14.4 Å². The Kier molecular flexibility index (Phi) is 4.93. The normalized spacial score (nSPS) is 23.4. The number of hydrogen-bond donors (Lipinski definition) is 0. The molecule has 0 bridgehead atoms. The van der Waals surface area contributed by atoms with Crippen molar-refractivity contribution in [3.63, 3.8) is 0 Å². The minimum absolute atomic E-state index is 0.0398. The van der Waals surface area contributed by atoms with Gasteiger partial charge in [-0.25, -0.2) is 0 Å². The lowest BCUT2D eigenvalue weighted by Gasteiger charge is -2.35. The van der Waals surface area contributed by atoms with Crippen LogP contribution in [0.5, 0.6) is 0 Å². The molecule has 0 aromatic heterocycles. The first kappa shape index (κ1) is 14.0. The molecule has 0 N–H and O–H groups in total. The molecule has 0 aliphatic carbocycles. The van der Waals surface area contributed by atoms with Crippen molar-refractivity contribution in [3.05, 3.63) is 35.9 Å². The Bertz CT molecular complexity index is 397. The molecular formula is C15H21NO3. The van der Waals surface area contributed by atoms with Crippen LogP contribution in [0.2, 0.25) is 0 Å². The first-order valence-electron chi connectivity index (χ1n) is 6.70. The van der Waals surface area contributed by atoms with Crippen molar-refractivity contribution in [1.29, 1.82) is 0 Å². The minimum Gasteiger partial charge on any atom is -0.372 e. The number of ether oxygens (including phenoxy) is 2. The van der Waals surface area contributed by atoms with Gasteiger partial charge in [0.15, 0.2) is 0 Å². The molecule has 0 saturated carbocycles. The topological polar surface area (TPSA) is 38.8 Å². The van der Waals surface area contributed by atoms with E-state index in [9.17, 15) is 4.79 Å². The Labute approximate surface area is 114 Å². The molecule has 1 aromatic carbocycles. The van der Waals surface area contributed by atoms with Crippen LogP contribution in [0, 0.1) is 0 Å². The molecule has 2 atom stereocenters. The largest absolute Gasteiger partial charge is 0.372 e. The summed E-state index contributed by atoms with van der Waals surface area (Å²) in [6, 6.07) is 9.87. The molecule has 1 aliphatic heterocycles. The minimum atomic E-state index is 0.0398. The maximum Gasteiger partial charge on any atom is 0.248 e. The van der Waals surface area contributed by atoms with Gasteiger partial charge in [0.1, 0.15) is 6.61 Å². The lowest BCUT2D eigenvalue weighted by molar-refractivity contribution is -0.148. The van der Waals surface area contributed by atoms with E-state index in [0.717, 1.165) is 5.56 Å². The van der Waals surface area contributed by atoms with E-state index >= 15 is 0 Å². The van der Waals surface area contributed by atoms with Crippen LogP contribution in [0.3, 0.4) is 0 Å². The number of nitrogens with zero attached hydrogens (tertiary/aromatic N) is 1. The first-order chi connectivity index (χ1) is 9.15. The van der Waals surface area contributed by atoms with Crippen LogP contribution < -0.4 is 0 Å². The third-order valence-electron chi connectivity index (χ3n) is 3.11. The molecular weight excluding hydrogens is 242 g/mol. The van der Waals surface area contributed by atoms with Gasteiger partial charge in [-0.15, -0.1) is 0 Å². The van der Waals surface area contributed by atoms with Gasteiger partial charge in [-0.1, -0.05) is 30.3 Å². The van der Waals surface area contributed by atoms with Crippen LogP contribution in [0.15, 0.2) is 30.3 Å². The van der Waals surface area contributed by atoms with E-state index in [4.69, 9.17) is 9.47 Å². The summed E-state index contributed by atoms with van der Waals surface area (Å²) in [5.74, 6) is 0.0398.